The van der Waals surface area contributed by atoms with Crippen molar-refractivity contribution < 1.29 is 4.79 Å². The molecule has 0 aromatic rings. The Hall–Kier alpha value is -0.570. The predicted molar refractivity (Wildman–Crippen MR) is 76.6 cm³/mol. The number of nitrogens with one attached hydrogen (secondary N) is 1. The van der Waals surface area contributed by atoms with Gasteiger partial charge in [-0.1, -0.05) is 13.8 Å². The van der Waals surface area contributed by atoms with E-state index < -0.39 is 0 Å². The molecule has 18 heavy (non-hydrogen) atoms. The Bertz CT molecular complexity index is 235. The first-order chi connectivity index (χ1) is 8.59. The van der Waals surface area contributed by atoms with Crippen molar-refractivity contribution in [2.75, 3.05) is 19.6 Å². The van der Waals surface area contributed by atoms with Crippen molar-refractivity contribution in [3.05, 3.63) is 0 Å². The highest BCUT2D eigenvalue weighted by Crippen LogP contribution is 2.10. The molecule has 1 fully saturated rings. The van der Waals surface area contributed by atoms with Gasteiger partial charge in [0.25, 0.3) is 0 Å². The Morgan fingerprint density at radius 1 is 1.11 bits per heavy atom. The van der Waals surface area contributed by atoms with Crippen molar-refractivity contribution in [1.29, 1.82) is 0 Å². The van der Waals surface area contributed by atoms with Crippen LogP contribution in [-0.4, -0.2) is 36.5 Å². The smallest absolute Gasteiger partial charge is 0.223 e. The van der Waals surface area contributed by atoms with Gasteiger partial charge in [-0.15, -0.1) is 0 Å². The maximum Gasteiger partial charge on any atom is 0.223 e. The third-order valence-electron chi connectivity index (χ3n) is 3.72. The van der Waals surface area contributed by atoms with Crippen LogP contribution < -0.4 is 5.32 Å². The lowest BCUT2D eigenvalue weighted by atomic mass is 10.0. The number of carbonyl (C=O) groups excluding carboxylic acids is 1. The molecule has 0 aromatic heterocycles. The Morgan fingerprint density at radius 2 is 1.78 bits per heavy atom. The second-order valence-electron chi connectivity index (χ2n) is 6.02. The van der Waals surface area contributed by atoms with E-state index in [2.05, 4.69) is 26.1 Å². The van der Waals surface area contributed by atoms with Gasteiger partial charge in [-0.2, -0.15) is 0 Å². The number of hydrogen-bond acceptors (Lipinski definition) is 2. The fraction of sp³-hybridized carbons (Fsp3) is 0.933. The number of amides is 1. The largest absolute Gasteiger partial charge is 0.343 e. The van der Waals surface area contributed by atoms with Crippen LogP contribution in [0.4, 0.5) is 0 Å². The zero-order valence-electron chi connectivity index (χ0n) is 12.4. The summed E-state index contributed by atoms with van der Waals surface area (Å²) in [6, 6.07) is 0.529. The fourth-order valence-electron chi connectivity index (χ4n) is 2.41. The molecule has 1 heterocycles. The van der Waals surface area contributed by atoms with E-state index in [1.54, 1.807) is 0 Å². The topological polar surface area (TPSA) is 32.3 Å². The molecule has 1 unspecified atom stereocenters. The lowest BCUT2D eigenvalue weighted by molar-refractivity contribution is -0.132. The number of likely N-dealkylation sites (tertiary alicyclic amines) is 1. The SMILES string of the molecule is CC(C)CCC(C)NCCC(=O)N1CCCCC1. The van der Waals surface area contributed by atoms with E-state index in [9.17, 15) is 4.79 Å². The van der Waals surface area contributed by atoms with Gasteiger partial charge < -0.3 is 10.2 Å². The van der Waals surface area contributed by atoms with Gasteiger partial charge in [0.05, 0.1) is 0 Å². The Labute approximate surface area is 112 Å². The minimum Gasteiger partial charge on any atom is -0.343 e. The van der Waals surface area contributed by atoms with Crippen molar-refractivity contribution in [3.63, 3.8) is 0 Å². The van der Waals surface area contributed by atoms with Crippen LogP contribution in [0.1, 0.15) is 59.3 Å². The van der Waals surface area contributed by atoms with Gasteiger partial charge in [0.15, 0.2) is 0 Å². The summed E-state index contributed by atoms with van der Waals surface area (Å²) >= 11 is 0. The summed E-state index contributed by atoms with van der Waals surface area (Å²) in [6.45, 7) is 9.50. The van der Waals surface area contributed by atoms with E-state index in [1.807, 2.05) is 4.90 Å². The molecular formula is C15H30N2O. The van der Waals surface area contributed by atoms with Gasteiger partial charge in [-0.25, -0.2) is 0 Å². The van der Waals surface area contributed by atoms with Crippen molar-refractivity contribution in [2.24, 2.45) is 5.92 Å². The second-order valence-corrected chi connectivity index (χ2v) is 6.02. The highest BCUT2D eigenvalue weighted by molar-refractivity contribution is 5.76. The molecule has 1 amide bonds. The maximum atomic E-state index is 11.9. The Balaban J connectivity index is 2.07. The molecule has 0 spiro atoms. The average molecular weight is 254 g/mol. The minimum absolute atomic E-state index is 0.332. The van der Waals surface area contributed by atoms with Gasteiger partial charge in [-0.05, 0) is 44.9 Å². The van der Waals surface area contributed by atoms with Crippen molar-refractivity contribution >= 4 is 5.91 Å². The summed E-state index contributed by atoms with van der Waals surface area (Å²) in [5.74, 6) is 1.10. The molecule has 0 aliphatic carbocycles. The minimum atomic E-state index is 0.332. The third-order valence-corrected chi connectivity index (χ3v) is 3.72. The Morgan fingerprint density at radius 3 is 2.39 bits per heavy atom. The molecule has 0 aromatic carbocycles. The summed E-state index contributed by atoms with van der Waals surface area (Å²) in [6.07, 6.45) is 6.78. The van der Waals surface area contributed by atoms with Crippen LogP contribution in [0.5, 0.6) is 0 Å². The van der Waals surface area contributed by atoms with E-state index in [1.165, 1.54) is 32.1 Å². The molecule has 1 N–H and O–H groups in total. The molecule has 0 radical (unpaired) electrons. The van der Waals surface area contributed by atoms with Crippen LogP contribution in [0.25, 0.3) is 0 Å². The number of hydrogen-bond donors (Lipinski definition) is 1. The van der Waals surface area contributed by atoms with Crippen LogP contribution in [0.2, 0.25) is 0 Å². The average Bonchev–Trinajstić information content (AvgIpc) is 2.37. The molecule has 0 saturated carbocycles. The summed E-state index contributed by atoms with van der Waals surface area (Å²) in [5, 5.41) is 3.46. The highest BCUT2D eigenvalue weighted by atomic mass is 16.2. The molecular weight excluding hydrogens is 224 g/mol. The molecule has 0 bridgehead atoms. The first-order valence-corrected chi connectivity index (χ1v) is 7.60. The highest BCUT2D eigenvalue weighted by Gasteiger charge is 2.15. The van der Waals surface area contributed by atoms with E-state index in [-0.39, 0.29) is 0 Å². The number of rotatable bonds is 7. The van der Waals surface area contributed by atoms with Crippen molar-refractivity contribution in [1.82, 2.24) is 10.2 Å². The van der Waals surface area contributed by atoms with Gasteiger partial charge >= 0.3 is 0 Å². The molecule has 1 saturated heterocycles. The fourth-order valence-corrected chi connectivity index (χ4v) is 2.41. The monoisotopic (exact) mass is 254 g/mol. The molecule has 1 aliphatic heterocycles. The molecule has 1 atom stereocenters. The van der Waals surface area contributed by atoms with Crippen LogP contribution in [0.3, 0.4) is 0 Å². The molecule has 106 valence electrons. The van der Waals surface area contributed by atoms with Gasteiger partial charge in [-0.3, -0.25) is 4.79 Å². The number of carbonyl (C=O) groups is 1. The predicted octanol–water partition coefficient (Wildman–Crippen LogP) is 2.80. The van der Waals surface area contributed by atoms with Crippen LogP contribution in [0, 0.1) is 5.92 Å². The van der Waals surface area contributed by atoms with Gasteiger partial charge in [0.1, 0.15) is 0 Å². The zero-order valence-corrected chi connectivity index (χ0v) is 12.4. The maximum absolute atomic E-state index is 11.9. The molecule has 3 heteroatoms. The van der Waals surface area contributed by atoms with E-state index in [0.29, 0.717) is 18.4 Å². The summed E-state index contributed by atoms with van der Waals surface area (Å²) in [4.78, 5) is 14.0. The summed E-state index contributed by atoms with van der Waals surface area (Å²) in [5.41, 5.74) is 0. The molecule has 1 aliphatic rings. The summed E-state index contributed by atoms with van der Waals surface area (Å²) < 4.78 is 0. The summed E-state index contributed by atoms with van der Waals surface area (Å²) in [7, 11) is 0. The van der Waals surface area contributed by atoms with E-state index >= 15 is 0 Å². The lowest BCUT2D eigenvalue weighted by Crippen LogP contribution is -2.38. The first-order valence-electron chi connectivity index (χ1n) is 7.60. The van der Waals surface area contributed by atoms with Crippen LogP contribution in [-0.2, 0) is 4.79 Å². The van der Waals surface area contributed by atoms with Gasteiger partial charge in [0, 0.05) is 32.1 Å². The quantitative estimate of drug-likeness (QED) is 0.757. The second kappa shape index (κ2) is 8.52. The van der Waals surface area contributed by atoms with Crippen molar-refractivity contribution in [3.8, 4) is 0 Å². The van der Waals surface area contributed by atoms with Crippen molar-refractivity contribution in [2.45, 2.75) is 65.3 Å². The zero-order chi connectivity index (χ0) is 13.4. The molecule has 1 rings (SSSR count). The van der Waals surface area contributed by atoms with Crippen LogP contribution >= 0.6 is 0 Å². The third kappa shape index (κ3) is 6.39. The normalized spacial score (nSPS) is 18.1. The Kier molecular flexibility index (Phi) is 7.33. The van der Waals surface area contributed by atoms with Gasteiger partial charge in [0.2, 0.25) is 5.91 Å². The number of nitrogens with zero attached hydrogens (tertiary/aromatic N) is 1. The molecule has 3 nitrogen and oxygen atoms in total. The van der Waals surface area contributed by atoms with E-state index in [4.69, 9.17) is 0 Å². The standard InChI is InChI=1S/C15H30N2O/c1-13(2)7-8-14(3)16-10-9-15(18)17-11-5-4-6-12-17/h13-14,16H,4-12H2,1-3H3. The number of piperidine rings is 1. The van der Waals surface area contributed by atoms with Crippen LogP contribution in [0.15, 0.2) is 0 Å². The lowest BCUT2D eigenvalue weighted by Gasteiger charge is -2.27. The first kappa shape index (κ1) is 15.5. The van der Waals surface area contributed by atoms with E-state index in [0.717, 1.165) is 25.6 Å².